The van der Waals surface area contributed by atoms with E-state index in [1.807, 2.05) is 35.3 Å². The van der Waals surface area contributed by atoms with Gasteiger partial charge in [0.05, 0.1) is 12.6 Å². The Morgan fingerprint density at radius 3 is 2.83 bits per heavy atom. The van der Waals surface area contributed by atoms with Crippen molar-refractivity contribution in [2.24, 2.45) is 0 Å². The highest BCUT2D eigenvalue weighted by atomic mass is 32.1. The SMILES string of the molecule is OCC1CCCCN1NC(=S)Nc1ccccc1. The molecule has 0 radical (unpaired) electrons. The molecule has 1 aromatic carbocycles. The van der Waals surface area contributed by atoms with Gasteiger partial charge in [0, 0.05) is 12.2 Å². The Morgan fingerprint density at radius 1 is 1.33 bits per heavy atom. The zero-order chi connectivity index (χ0) is 12.8. The first kappa shape index (κ1) is 13.3. The maximum atomic E-state index is 9.32. The summed E-state index contributed by atoms with van der Waals surface area (Å²) in [6, 6.07) is 9.98. The van der Waals surface area contributed by atoms with E-state index in [9.17, 15) is 5.11 Å². The summed E-state index contributed by atoms with van der Waals surface area (Å²) in [6.07, 6.45) is 3.32. The molecule has 1 fully saturated rings. The number of piperidine rings is 1. The number of aliphatic hydroxyl groups excluding tert-OH is 1. The molecule has 1 aliphatic heterocycles. The van der Waals surface area contributed by atoms with E-state index in [-0.39, 0.29) is 12.6 Å². The van der Waals surface area contributed by atoms with Crippen LogP contribution in [-0.4, -0.2) is 34.4 Å². The molecule has 0 saturated carbocycles. The molecule has 0 aliphatic carbocycles. The van der Waals surface area contributed by atoms with Crippen LogP contribution in [0.4, 0.5) is 5.69 Å². The number of thiocarbonyl (C=S) groups is 1. The number of rotatable bonds is 3. The Kier molecular flexibility index (Phi) is 4.92. The van der Waals surface area contributed by atoms with Crippen LogP contribution in [0.2, 0.25) is 0 Å². The van der Waals surface area contributed by atoms with Crippen LogP contribution in [-0.2, 0) is 0 Å². The van der Waals surface area contributed by atoms with Crippen molar-refractivity contribution < 1.29 is 5.11 Å². The van der Waals surface area contributed by atoms with Crippen LogP contribution in [0.3, 0.4) is 0 Å². The smallest absolute Gasteiger partial charge is 0.185 e. The number of anilines is 1. The van der Waals surface area contributed by atoms with Gasteiger partial charge in [-0.2, -0.15) is 0 Å². The summed E-state index contributed by atoms with van der Waals surface area (Å²) in [4.78, 5) is 0. The minimum absolute atomic E-state index is 0.161. The molecule has 98 valence electrons. The van der Waals surface area contributed by atoms with Gasteiger partial charge in [-0.05, 0) is 37.2 Å². The zero-order valence-corrected chi connectivity index (χ0v) is 11.1. The van der Waals surface area contributed by atoms with E-state index in [2.05, 4.69) is 10.7 Å². The third-order valence-corrected chi connectivity index (χ3v) is 3.31. The highest BCUT2D eigenvalue weighted by Gasteiger charge is 2.21. The van der Waals surface area contributed by atoms with E-state index < -0.39 is 0 Å². The molecule has 4 nitrogen and oxygen atoms in total. The maximum absolute atomic E-state index is 9.32. The summed E-state index contributed by atoms with van der Waals surface area (Å²) >= 11 is 5.27. The molecule has 1 heterocycles. The van der Waals surface area contributed by atoms with Crippen LogP contribution >= 0.6 is 12.2 Å². The zero-order valence-electron chi connectivity index (χ0n) is 10.3. The molecule has 0 amide bonds. The van der Waals surface area contributed by atoms with Crippen LogP contribution in [0, 0.1) is 0 Å². The molecule has 1 aromatic rings. The third-order valence-electron chi connectivity index (χ3n) is 3.11. The van der Waals surface area contributed by atoms with E-state index in [0.29, 0.717) is 5.11 Å². The average Bonchev–Trinajstić information content (AvgIpc) is 2.40. The number of para-hydroxylation sites is 1. The van der Waals surface area contributed by atoms with Gasteiger partial charge in [-0.3, -0.25) is 5.43 Å². The number of aliphatic hydroxyl groups is 1. The quantitative estimate of drug-likeness (QED) is 0.727. The van der Waals surface area contributed by atoms with Gasteiger partial charge in [-0.15, -0.1) is 0 Å². The predicted molar refractivity (Wildman–Crippen MR) is 77.2 cm³/mol. The number of hydrogen-bond acceptors (Lipinski definition) is 3. The summed E-state index contributed by atoms with van der Waals surface area (Å²) in [5.74, 6) is 0. The second kappa shape index (κ2) is 6.68. The van der Waals surface area contributed by atoms with Crippen molar-refractivity contribution in [3.05, 3.63) is 30.3 Å². The predicted octanol–water partition coefficient (Wildman–Crippen LogP) is 1.73. The van der Waals surface area contributed by atoms with Crippen LogP contribution in [0.15, 0.2) is 30.3 Å². The molecule has 1 aliphatic rings. The van der Waals surface area contributed by atoms with Crippen LogP contribution < -0.4 is 10.7 Å². The van der Waals surface area contributed by atoms with Crippen molar-refractivity contribution in [2.45, 2.75) is 25.3 Å². The van der Waals surface area contributed by atoms with Crippen molar-refractivity contribution in [3.63, 3.8) is 0 Å². The van der Waals surface area contributed by atoms with Gasteiger partial charge in [0.25, 0.3) is 0 Å². The fraction of sp³-hybridized carbons (Fsp3) is 0.462. The summed E-state index contributed by atoms with van der Waals surface area (Å²) in [7, 11) is 0. The number of hydrogen-bond donors (Lipinski definition) is 3. The van der Waals surface area contributed by atoms with Gasteiger partial charge < -0.3 is 10.4 Å². The highest BCUT2D eigenvalue weighted by Crippen LogP contribution is 2.14. The number of benzene rings is 1. The number of nitrogens with zero attached hydrogens (tertiary/aromatic N) is 1. The first-order chi connectivity index (χ1) is 8.79. The fourth-order valence-corrected chi connectivity index (χ4v) is 2.38. The van der Waals surface area contributed by atoms with Gasteiger partial charge in [0.1, 0.15) is 0 Å². The highest BCUT2D eigenvalue weighted by molar-refractivity contribution is 7.80. The molecular formula is C13H19N3OS. The van der Waals surface area contributed by atoms with E-state index in [1.54, 1.807) is 0 Å². The summed E-state index contributed by atoms with van der Waals surface area (Å²) in [5, 5.41) is 15.1. The largest absolute Gasteiger partial charge is 0.395 e. The fourth-order valence-electron chi connectivity index (χ4n) is 2.15. The molecule has 1 saturated heterocycles. The minimum atomic E-state index is 0.161. The lowest BCUT2D eigenvalue weighted by atomic mass is 10.1. The minimum Gasteiger partial charge on any atom is -0.395 e. The van der Waals surface area contributed by atoms with Gasteiger partial charge in [0.15, 0.2) is 5.11 Å². The molecule has 0 aromatic heterocycles. The van der Waals surface area contributed by atoms with E-state index in [4.69, 9.17) is 12.2 Å². The molecule has 1 atom stereocenters. The van der Waals surface area contributed by atoms with E-state index in [1.165, 1.54) is 6.42 Å². The van der Waals surface area contributed by atoms with Gasteiger partial charge >= 0.3 is 0 Å². The van der Waals surface area contributed by atoms with Crippen molar-refractivity contribution in [2.75, 3.05) is 18.5 Å². The Labute approximate surface area is 113 Å². The monoisotopic (exact) mass is 265 g/mol. The topological polar surface area (TPSA) is 47.5 Å². The lowest BCUT2D eigenvalue weighted by Crippen LogP contribution is -2.53. The molecule has 1 unspecified atom stereocenters. The second-order valence-electron chi connectivity index (χ2n) is 4.46. The summed E-state index contributed by atoms with van der Waals surface area (Å²) < 4.78 is 0. The molecule has 5 heteroatoms. The Bertz CT molecular complexity index is 385. The lowest BCUT2D eigenvalue weighted by Gasteiger charge is -2.35. The van der Waals surface area contributed by atoms with Crippen molar-refractivity contribution in [1.82, 2.24) is 10.4 Å². The van der Waals surface area contributed by atoms with E-state index in [0.717, 1.165) is 25.1 Å². The average molecular weight is 265 g/mol. The van der Waals surface area contributed by atoms with Gasteiger partial charge in [0.2, 0.25) is 0 Å². The van der Waals surface area contributed by atoms with Crippen molar-refractivity contribution >= 4 is 23.0 Å². The Hall–Kier alpha value is -1.17. The molecule has 0 bridgehead atoms. The molecular weight excluding hydrogens is 246 g/mol. The molecule has 3 N–H and O–H groups in total. The molecule has 2 rings (SSSR count). The first-order valence-corrected chi connectivity index (χ1v) is 6.70. The third kappa shape index (κ3) is 3.66. The summed E-state index contributed by atoms with van der Waals surface area (Å²) in [5.41, 5.74) is 4.13. The maximum Gasteiger partial charge on any atom is 0.185 e. The Morgan fingerprint density at radius 2 is 2.11 bits per heavy atom. The van der Waals surface area contributed by atoms with Crippen molar-refractivity contribution in [3.8, 4) is 0 Å². The summed E-state index contributed by atoms with van der Waals surface area (Å²) in [6.45, 7) is 1.09. The van der Waals surface area contributed by atoms with Crippen LogP contribution in [0.25, 0.3) is 0 Å². The van der Waals surface area contributed by atoms with Crippen LogP contribution in [0.5, 0.6) is 0 Å². The standard InChI is InChI=1S/C13H19N3OS/c17-10-12-8-4-5-9-16(12)15-13(18)14-11-6-2-1-3-7-11/h1-3,6-7,12,17H,4-5,8-10H2,(H2,14,15,18). The first-order valence-electron chi connectivity index (χ1n) is 6.30. The van der Waals surface area contributed by atoms with Crippen molar-refractivity contribution in [1.29, 1.82) is 0 Å². The molecule has 18 heavy (non-hydrogen) atoms. The number of hydrazine groups is 1. The second-order valence-corrected chi connectivity index (χ2v) is 4.87. The number of nitrogens with one attached hydrogen (secondary N) is 2. The lowest BCUT2D eigenvalue weighted by molar-refractivity contribution is 0.0688. The normalized spacial score (nSPS) is 20.4. The van der Waals surface area contributed by atoms with Gasteiger partial charge in [-0.25, -0.2) is 5.01 Å². The van der Waals surface area contributed by atoms with E-state index >= 15 is 0 Å². The molecule has 0 spiro atoms. The Balaban J connectivity index is 1.86. The van der Waals surface area contributed by atoms with Gasteiger partial charge in [-0.1, -0.05) is 24.6 Å². The van der Waals surface area contributed by atoms with Crippen LogP contribution in [0.1, 0.15) is 19.3 Å².